The zero-order chi connectivity index (χ0) is 23.0. The number of fused-ring (bicyclic) bond motifs is 1. The van der Waals surface area contributed by atoms with Crippen molar-refractivity contribution >= 4 is 16.6 Å². The number of pyridine rings is 1. The molecule has 1 aliphatic rings. The number of nitrogens with one attached hydrogen (secondary N) is 1. The molecule has 1 unspecified atom stereocenters. The molecule has 2 N–H and O–H groups in total. The highest BCUT2D eigenvalue weighted by atomic mass is 19.4. The van der Waals surface area contributed by atoms with Crippen molar-refractivity contribution in [2.75, 3.05) is 31.2 Å². The molecular formula is C24H28F3N3O2. The highest BCUT2D eigenvalue weighted by Gasteiger charge is 2.56. The average Bonchev–Trinajstić information content (AvgIpc) is 3.15. The van der Waals surface area contributed by atoms with E-state index in [1.807, 2.05) is 24.3 Å². The quantitative estimate of drug-likeness (QED) is 0.580. The van der Waals surface area contributed by atoms with E-state index in [4.69, 9.17) is 4.74 Å². The zero-order valence-corrected chi connectivity index (χ0v) is 18.2. The summed E-state index contributed by atoms with van der Waals surface area (Å²) < 4.78 is 47.9. The molecule has 1 aromatic carbocycles. The van der Waals surface area contributed by atoms with Gasteiger partial charge in [0.25, 0.3) is 0 Å². The molecule has 1 saturated heterocycles. The smallest absolute Gasteiger partial charge is 0.380 e. The molecular weight excluding hydrogens is 419 g/mol. The lowest BCUT2D eigenvalue weighted by atomic mass is 9.73. The molecule has 1 fully saturated rings. The van der Waals surface area contributed by atoms with Crippen LogP contribution in [0.2, 0.25) is 0 Å². The van der Waals surface area contributed by atoms with Crippen LogP contribution in [0.3, 0.4) is 0 Å². The van der Waals surface area contributed by atoms with Crippen molar-refractivity contribution in [3.63, 3.8) is 0 Å². The number of morpholine rings is 1. The highest BCUT2D eigenvalue weighted by Crippen LogP contribution is 2.43. The fraction of sp³-hybridized carbons (Fsp3) is 0.458. The third-order valence-corrected chi connectivity index (χ3v) is 6.23. The molecule has 2 aromatic heterocycles. The van der Waals surface area contributed by atoms with Gasteiger partial charge in [0.2, 0.25) is 0 Å². The first kappa shape index (κ1) is 22.6. The Morgan fingerprint density at radius 3 is 2.56 bits per heavy atom. The van der Waals surface area contributed by atoms with Crippen LogP contribution < -0.4 is 4.90 Å². The molecule has 0 bridgehead atoms. The number of ether oxygens (including phenoxy) is 1. The lowest BCUT2D eigenvalue weighted by Crippen LogP contribution is -2.50. The molecule has 0 spiro atoms. The maximum atomic E-state index is 14.2. The molecule has 32 heavy (non-hydrogen) atoms. The minimum absolute atomic E-state index is 0.325. The summed E-state index contributed by atoms with van der Waals surface area (Å²) in [6, 6.07) is 10.9. The first-order chi connectivity index (χ1) is 15.1. The van der Waals surface area contributed by atoms with Crippen LogP contribution in [0.15, 0.2) is 48.8 Å². The molecule has 1 aliphatic heterocycles. The Balaban J connectivity index is 1.61. The number of rotatable bonds is 6. The zero-order valence-electron chi connectivity index (χ0n) is 18.2. The van der Waals surface area contributed by atoms with Crippen molar-refractivity contribution < 1.29 is 23.0 Å². The van der Waals surface area contributed by atoms with Crippen molar-refractivity contribution in [2.24, 2.45) is 0 Å². The Morgan fingerprint density at radius 1 is 1.12 bits per heavy atom. The Morgan fingerprint density at radius 2 is 1.88 bits per heavy atom. The normalized spacial score (nSPS) is 17.5. The van der Waals surface area contributed by atoms with E-state index < -0.39 is 30.0 Å². The summed E-state index contributed by atoms with van der Waals surface area (Å²) in [7, 11) is 0. The number of halogens is 3. The third-order valence-electron chi connectivity index (χ3n) is 6.23. The summed E-state index contributed by atoms with van der Waals surface area (Å²) in [5.41, 5.74) is -1.13. The van der Waals surface area contributed by atoms with Crippen molar-refractivity contribution in [3.05, 3.63) is 60.0 Å². The summed E-state index contributed by atoms with van der Waals surface area (Å²) in [6.45, 7) is 6.23. The minimum atomic E-state index is -4.79. The predicted molar refractivity (Wildman–Crippen MR) is 118 cm³/mol. The van der Waals surface area contributed by atoms with Crippen LogP contribution in [0.4, 0.5) is 18.9 Å². The standard InChI is InChI=1S/C24H28F3N3O2/c1-22(2,18-4-3-5-20(13-18)30-8-10-32-11-9-30)16-23(31,24(25,26)27)14-19-12-17-6-7-28-15-21(17)29-19/h3-7,12-13,15,29,31H,8-11,14,16H2,1-2H3. The molecule has 3 heterocycles. The van der Waals surface area contributed by atoms with Gasteiger partial charge >= 0.3 is 6.18 Å². The van der Waals surface area contributed by atoms with Gasteiger partial charge in [-0.3, -0.25) is 4.98 Å². The van der Waals surface area contributed by atoms with Crippen LogP contribution in [0, 0.1) is 0 Å². The Labute approximate surface area is 185 Å². The number of H-pyrrole nitrogens is 1. The lowest BCUT2D eigenvalue weighted by Gasteiger charge is -2.38. The molecule has 3 aromatic rings. The van der Waals surface area contributed by atoms with Gasteiger partial charge in [-0.2, -0.15) is 13.2 Å². The van der Waals surface area contributed by atoms with Gasteiger partial charge in [0, 0.05) is 42.5 Å². The largest absolute Gasteiger partial charge is 0.417 e. The van der Waals surface area contributed by atoms with Gasteiger partial charge < -0.3 is 19.7 Å². The SMILES string of the molecule is CC(C)(CC(O)(Cc1cc2ccncc2[nH]1)C(F)(F)F)c1cccc(N2CCOCC2)c1. The van der Waals surface area contributed by atoms with E-state index in [9.17, 15) is 18.3 Å². The Kier molecular flexibility index (Phi) is 5.94. The number of alkyl halides is 3. The second-order valence-electron chi connectivity index (χ2n) is 9.17. The van der Waals surface area contributed by atoms with Crippen LogP contribution in [0.5, 0.6) is 0 Å². The van der Waals surface area contributed by atoms with E-state index in [0.29, 0.717) is 24.4 Å². The van der Waals surface area contributed by atoms with E-state index in [2.05, 4.69) is 14.9 Å². The van der Waals surface area contributed by atoms with Crippen molar-refractivity contribution in [1.29, 1.82) is 0 Å². The van der Waals surface area contributed by atoms with Gasteiger partial charge in [-0.1, -0.05) is 26.0 Å². The number of hydrogen-bond acceptors (Lipinski definition) is 4. The van der Waals surface area contributed by atoms with E-state index in [-0.39, 0.29) is 0 Å². The summed E-state index contributed by atoms with van der Waals surface area (Å²) in [6.07, 6.45) is -2.67. The van der Waals surface area contributed by atoms with E-state index >= 15 is 0 Å². The third kappa shape index (κ3) is 4.61. The van der Waals surface area contributed by atoms with Crippen LogP contribution >= 0.6 is 0 Å². The topological polar surface area (TPSA) is 61.4 Å². The molecule has 1 atom stereocenters. The second-order valence-corrected chi connectivity index (χ2v) is 9.17. The fourth-order valence-electron chi connectivity index (χ4n) is 4.48. The first-order valence-corrected chi connectivity index (χ1v) is 10.7. The van der Waals surface area contributed by atoms with Crippen molar-refractivity contribution in [2.45, 2.75) is 43.9 Å². The summed E-state index contributed by atoms with van der Waals surface area (Å²) in [5.74, 6) is 0. The molecule has 8 heteroatoms. The lowest BCUT2D eigenvalue weighted by molar-refractivity contribution is -0.266. The number of anilines is 1. The molecule has 0 radical (unpaired) electrons. The summed E-state index contributed by atoms with van der Waals surface area (Å²) in [4.78, 5) is 9.11. The average molecular weight is 448 g/mol. The number of benzene rings is 1. The van der Waals surface area contributed by atoms with Crippen LogP contribution in [0.1, 0.15) is 31.5 Å². The van der Waals surface area contributed by atoms with Gasteiger partial charge in [0.1, 0.15) is 0 Å². The van der Waals surface area contributed by atoms with Crippen LogP contribution in [0.25, 0.3) is 10.9 Å². The van der Waals surface area contributed by atoms with E-state index in [1.165, 1.54) is 0 Å². The van der Waals surface area contributed by atoms with Crippen molar-refractivity contribution in [3.8, 4) is 0 Å². The molecule has 0 amide bonds. The van der Waals surface area contributed by atoms with Crippen LogP contribution in [-0.4, -0.2) is 53.2 Å². The number of aliphatic hydroxyl groups is 1. The first-order valence-electron chi connectivity index (χ1n) is 10.7. The summed E-state index contributed by atoms with van der Waals surface area (Å²) >= 11 is 0. The highest BCUT2D eigenvalue weighted by molar-refractivity contribution is 5.79. The number of aromatic amines is 1. The van der Waals surface area contributed by atoms with Gasteiger partial charge in [0.05, 0.1) is 24.9 Å². The van der Waals surface area contributed by atoms with Gasteiger partial charge in [-0.15, -0.1) is 0 Å². The fourth-order valence-corrected chi connectivity index (χ4v) is 4.48. The number of hydrogen-bond donors (Lipinski definition) is 2. The van der Waals surface area contributed by atoms with Gasteiger partial charge in [-0.25, -0.2) is 0 Å². The molecule has 4 rings (SSSR count). The second kappa shape index (κ2) is 8.41. The Bertz CT molecular complexity index is 1040. The minimum Gasteiger partial charge on any atom is -0.380 e. The molecule has 0 aliphatic carbocycles. The van der Waals surface area contributed by atoms with E-state index in [0.717, 1.165) is 29.7 Å². The molecule has 5 nitrogen and oxygen atoms in total. The summed E-state index contributed by atoms with van der Waals surface area (Å²) in [5, 5.41) is 11.7. The monoisotopic (exact) mass is 447 g/mol. The van der Waals surface area contributed by atoms with Crippen molar-refractivity contribution in [1.82, 2.24) is 9.97 Å². The maximum Gasteiger partial charge on any atom is 0.417 e. The number of nitrogens with zero attached hydrogens (tertiary/aromatic N) is 2. The Hall–Kier alpha value is -2.58. The molecule has 172 valence electrons. The molecule has 0 saturated carbocycles. The van der Waals surface area contributed by atoms with Gasteiger partial charge in [-0.05, 0) is 41.7 Å². The predicted octanol–water partition coefficient (Wildman–Crippen LogP) is 4.60. The van der Waals surface area contributed by atoms with Gasteiger partial charge in [0.15, 0.2) is 5.60 Å². The van der Waals surface area contributed by atoms with Crippen LogP contribution in [-0.2, 0) is 16.6 Å². The van der Waals surface area contributed by atoms with E-state index in [1.54, 1.807) is 38.4 Å². The number of aromatic nitrogens is 2. The maximum absolute atomic E-state index is 14.2.